The van der Waals surface area contributed by atoms with Crippen LogP contribution in [0.4, 0.5) is 0 Å². The highest BCUT2D eigenvalue weighted by Gasteiger charge is 2.19. The second-order valence-corrected chi connectivity index (χ2v) is 6.94. The molecule has 3 rings (SSSR count). The Hall–Kier alpha value is -1.59. The Bertz CT molecular complexity index is 527. The van der Waals surface area contributed by atoms with E-state index in [-0.39, 0.29) is 0 Å². The van der Waals surface area contributed by atoms with Gasteiger partial charge in [-0.2, -0.15) is 0 Å². The van der Waals surface area contributed by atoms with Crippen molar-refractivity contribution < 1.29 is 0 Å². The molecule has 0 amide bonds. The van der Waals surface area contributed by atoms with E-state index in [1.54, 1.807) is 0 Å². The highest BCUT2D eigenvalue weighted by Crippen LogP contribution is 2.23. The van der Waals surface area contributed by atoms with E-state index >= 15 is 0 Å². The van der Waals surface area contributed by atoms with Gasteiger partial charge in [0.2, 0.25) is 0 Å². The highest BCUT2D eigenvalue weighted by atomic mass is 15.3. The predicted octanol–water partition coefficient (Wildman–Crippen LogP) is 2.25. The number of fused-ring (bicyclic) bond motifs is 1. The lowest BCUT2D eigenvalue weighted by Crippen LogP contribution is -2.44. The van der Waals surface area contributed by atoms with Crippen LogP contribution in [-0.2, 0) is 19.5 Å². The largest absolute Gasteiger partial charge is 0.357 e. The average Bonchev–Trinajstić information content (AvgIpc) is 2.98. The maximum Gasteiger partial charge on any atom is 0.191 e. The van der Waals surface area contributed by atoms with Crippen molar-refractivity contribution in [3.63, 3.8) is 0 Å². The number of nitrogens with zero attached hydrogens (tertiary/aromatic N) is 4. The molecule has 1 fully saturated rings. The van der Waals surface area contributed by atoms with Crippen LogP contribution in [-0.4, -0.2) is 33.3 Å². The predicted molar refractivity (Wildman–Crippen MR) is 92.3 cm³/mol. The summed E-state index contributed by atoms with van der Waals surface area (Å²) >= 11 is 0. The van der Waals surface area contributed by atoms with Gasteiger partial charge in [0.15, 0.2) is 11.8 Å². The lowest BCUT2D eigenvalue weighted by molar-refractivity contribution is 0.329. The topological polar surface area (TPSA) is 67.1 Å². The maximum absolute atomic E-state index is 4.75. The van der Waals surface area contributed by atoms with Crippen molar-refractivity contribution in [3.05, 3.63) is 11.6 Å². The fourth-order valence-electron chi connectivity index (χ4n) is 3.55. The van der Waals surface area contributed by atoms with Crippen LogP contribution in [0.2, 0.25) is 0 Å². The molecular weight excluding hydrogens is 288 g/mol. The van der Waals surface area contributed by atoms with Crippen LogP contribution in [0.5, 0.6) is 0 Å². The van der Waals surface area contributed by atoms with Gasteiger partial charge >= 0.3 is 0 Å². The Morgan fingerprint density at radius 3 is 2.83 bits per heavy atom. The SMILES string of the molecule is CCNC(=NCc1nnc2n1CCCC2)NC1CCC(C)CC1. The molecule has 128 valence electrons. The Morgan fingerprint density at radius 1 is 1.22 bits per heavy atom. The minimum atomic E-state index is 0.552. The highest BCUT2D eigenvalue weighted by molar-refractivity contribution is 5.80. The third-order valence-corrected chi connectivity index (χ3v) is 5.02. The van der Waals surface area contributed by atoms with Crippen LogP contribution in [0.15, 0.2) is 4.99 Å². The zero-order chi connectivity index (χ0) is 16.1. The van der Waals surface area contributed by atoms with Crippen molar-refractivity contribution in [3.8, 4) is 0 Å². The summed E-state index contributed by atoms with van der Waals surface area (Å²) in [4.78, 5) is 4.75. The summed E-state index contributed by atoms with van der Waals surface area (Å²) in [6.45, 7) is 6.99. The first kappa shape index (κ1) is 16.3. The first-order chi connectivity index (χ1) is 11.3. The summed E-state index contributed by atoms with van der Waals surface area (Å²) in [6.07, 6.45) is 8.61. The van der Waals surface area contributed by atoms with Gasteiger partial charge in [-0.15, -0.1) is 10.2 Å². The Labute approximate surface area is 139 Å². The maximum atomic E-state index is 4.75. The smallest absolute Gasteiger partial charge is 0.191 e. The summed E-state index contributed by atoms with van der Waals surface area (Å²) in [5, 5.41) is 15.6. The van der Waals surface area contributed by atoms with E-state index in [1.165, 1.54) is 38.5 Å². The van der Waals surface area contributed by atoms with E-state index in [2.05, 4.69) is 39.2 Å². The van der Waals surface area contributed by atoms with Crippen LogP contribution in [0.1, 0.15) is 64.0 Å². The first-order valence-electron chi connectivity index (χ1n) is 9.22. The Balaban J connectivity index is 1.61. The van der Waals surface area contributed by atoms with Crippen LogP contribution in [0.25, 0.3) is 0 Å². The molecule has 0 aromatic carbocycles. The quantitative estimate of drug-likeness (QED) is 0.660. The molecule has 0 spiro atoms. The molecule has 2 N–H and O–H groups in total. The molecule has 6 heteroatoms. The molecule has 23 heavy (non-hydrogen) atoms. The third-order valence-electron chi connectivity index (χ3n) is 5.02. The number of hydrogen-bond donors (Lipinski definition) is 2. The zero-order valence-corrected chi connectivity index (χ0v) is 14.5. The third kappa shape index (κ3) is 4.24. The zero-order valence-electron chi connectivity index (χ0n) is 14.5. The van der Waals surface area contributed by atoms with Crippen molar-refractivity contribution in [1.82, 2.24) is 25.4 Å². The van der Waals surface area contributed by atoms with Crippen LogP contribution in [0, 0.1) is 5.92 Å². The normalized spacial score (nSPS) is 25.0. The van der Waals surface area contributed by atoms with Gasteiger partial charge < -0.3 is 15.2 Å². The molecule has 2 heterocycles. The molecule has 1 aromatic heterocycles. The molecule has 1 aromatic rings. The number of aromatic nitrogens is 3. The number of guanidine groups is 1. The van der Waals surface area contributed by atoms with Gasteiger partial charge in [-0.25, -0.2) is 4.99 Å². The average molecular weight is 318 g/mol. The summed E-state index contributed by atoms with van der Waals surface area (Å²) in [6, 6.07) is 0.552. The number of hydrogen-bond acceptors (Lipinski definition) is 3. The van der Waals surface area contributed by atoms with Gasteiger partial charge in [0, 0.05) is 25.6 Å². The molecule has 0 radical (unpaired) electrons. The van der Waals surface area contributed by atoms with Crippen LogP contribution < -0.4 is 10.6 Å². The molecule has 2 aliphatic rings. The molecule has 0 atom stereocenters. The van der Waals surface area contributed by atoms with E-state index in [0.29, 0.717) is 12.6 Å². The summed E-state index contributed by atoms with van der Waals surface area (Å²) in [5.41, 5.74) is 0. The number of rotatable bonds is 4. The lowest BCUT2D eigenvalue weighted by Gasteiger charge is -2.28. The first-order valence-corrected chi connectivity index (χ1v) is 9.22. The Morgan fingerprint density at radius 2 is 2.04 bits per heavy atom. The van der Waals surface area contributed by atoms with E-state index < -0.39 is 0 Å². The van der Waals surface area contributed by atoms with E-state index in [1.807, 2.05) is 0 Å². The molecule has 0 unspecified atom stereocenters. The minimum absolute atomic E-state index is 0.552. The molecule has 1 saturated carbocycles. The van der Waals surface area contributed by atoms with Gasteiger partial charge in [0.05, 0.1) is 0 Å². The number of aryl methyl sites for hydroxylation is 1. The van der Waals surface area contributed by atoms with Gasteiger partial charge in [-0.1, -0.05) is 6.92 Å². The number of nitrogens with one attached hydrogen (secondary N) is 2. The fourth-order valence-corrected chi connectivity index (χ4v) is 3.55. The van der Waals surface area contributed by atoms with Gasteiger partial charge in [0.25, 0.3) is 0 Å². The molecule has 6 nitrogen and oxygen atoms in total. The molecule has 1 aliphatic carbocycles. The summed E-state index contributed by atoms with van der Waals surface area (Å²) < 4.78 is 2.25. The number of aliphatic imine (C=N–C) groups is 1. The van der Waals surface area contributed by atoms with Crippen molar-refractivity contribution in [2.75, 3.05) is 6.54 Å². The van der Waals surface area contributed by atoms with E-state index in [4.69, 9.17) is 4.99 Å². The summed E-state index contributed by atoms with van der Waals surface area (Å²) in [5.74, 6) is 3.91. The van der Waals surface area contributed by atoms with Crippen molar-refractivity contribution >= 4 is 5.96 Å². The van der Waals surface area contributed by atoms with Crippen molar-refractivity contribution in [2.24, 2.45) is 10.9 Å². The van der Waals surface area contributed by atoms with Gasteiger partial charge in [-0.3, -0.25) is 0 Å². The molecule has 0 saturated heterocycles. The van der Waals surface area contributed by atoms with E-state index in [0.717, 1.165) is 43.0 Å². The van der Waals surface area contributed by atoms with Gasteiger partial charge in [0.1, 0.15) is 12.4 Å². The standard InChI is InChI=1S/C17H30N6/c1-3-18-17(20-14-9-7-13(2)8-10-14)19-12-16-22-21-15-6-4-5-11-23(15)16/h13-14H,3-12H2,1-2H3,(H2,18,19,20). The summed E-state index contributed by atoms with van der Waals surface area (Å²) in [7, 11) is 0. The van der Waals surface area contributed by atoms with Crippen LogP contribution in [0.3, 0.4) is 0 Å². The van der Waals surface area contributed by atoms with Crippen molar-refractivity contribution in [2.45, 2.75) is 77.9 Å². The fraction of sp³-hybridized carbons (Fsp3) is 0.824. The second-order valence-electron chi connectivity index (χ2n) is 6.94. The van der Waals surface area contributed by atoms with Gasteiger partial charge in [-0.05, 0) is 51.4 Å². The Kier molecular flexibility index (Phi) is 5.51. The lowest BCUT2D eigenvalue weighted by atomic mass is 9.87. The molecule has 0 bridgehead atoms. The molecular formula is C17H30N6. The second kappa shape index (κ2) is 7.79. The monoisotopic (exact) mass is 318 g/mol. The minimum Gasteiger partial charge on any atom is -0.357 e. The van der Waals surface area contributed by atoms with Crippen LogP contribution >= 0.6 is 0 Å². The van der Waals surface area contributed by atoms with Crippen molar-refractivity contribution in [1.29, 1.82) is 0 Å². The molecule has 1 aliphatic heterocycles. The van der Waals surface area contributed by atoms with E-state index in [9.17, 15) is 0 Å².